The van der Waals surface area contributed by atoms with Gasteiger partial charge in [-0.05, 0) is 12.1 Å². The summed E-state index contributed by atoms with van der Waals surface area (Å²) in [5.41, 5.74) is -0.232. The maximum Gasteiger partial charge on any atom is 0.323 e. The number of aliphatic carboxylic acids is 1. The third kappa shape index (κ3) is 3.94. The van der Waals surface area contributed by atoms with Gasteiger partial charge in [0.15, 0.2) is 0 Å². The number of benzene rings is 1. The van der Waals surface area contributed by atoms with Crippen LogP contribution < -0.4 is 10.2 Å². The summed E-state index contributed by atoms with van der Waals surface area (Å²) >= 11 is 0. The van der Waals surface area contributed by atoms with E-state index in [2.05, 4.69) is 11.2 Å². The molecule has 110 valence electrons. The first-order chi connectivity index (χ1) is 9.90. The van der Waals surface area contributed by atoms with Crippen molar-refractivity contribution in [3.05, 3.63) is 33.9 Å². The number of nitrogens with zero attached hydrogens (tertiary/aromatic N) is 2. The van der Waals surface area contributed by atoms with Gasteiger partial charge in [-0.25, -0.2) is 0 Å². The van der Waals surface area contributed by atoms with Crippen molar-refractivity contribution in [1.82, 2.24) is 5.32 Å². The van der Waals surface area contributed by atoms with E-state index in [1.807, 2.05) is 0 Å². The lowest BCUT2D eigenvalue weighted by Crippen LogP contribution is -2.30. The van der Waals surface area contributed by atoms with Gasteiger partial charge in [0.05, 0.1) is 11.5 Å². The normalized spacial score (nSPS) is 9.52. The van der Waals surface area contributed by atoms with Gasteiger partial charge >= 0.3 is 5.97 Å². The predicted octanol–water partition coefficient (Wildman–Crippen LogP) is 0.479. The molecule has 0 unspecified atom stereocenters. The highest BCUT2D eigenvalue weighted by Gasteiger charge is 2.22. The Morgan fingerprint density at radius 2 is 2.19 bits per heavy atom. The molecule has 1 aromatic rings. The number of carboxylic acids is 1. The average Bonchev–Trinajstić information content (AvgIpc) is 2.44. The number of hydrogen-bond acceptors (Lipinski definition) is 5. The highest BCUT2D eigenvalue weighted by Crippen LogP contribution is 2.29. The van der Waals surface area contributed by atoms with Crippen LogP contribution >= 0.6 is 0 Å². The molecule has 0 aromatic heterocycles. The largest absolute Gasteiger partial charge is 0.480 e. The van der Waals surface area contributed by atoms with Crippen molar-refractivity contribution in [2.75, 3.05) is 25.0 Å². The van der Waals surface area contributed by atoms with Gasteiger partial charge in [0.25, 0.3) is 11.6 Å². The Morgan fingerprint density at radius 3 is 2.67 bits per heavy atom. The van der Waals surface area contributed by atoms with Gasteiger partial charge in [0.2, 0.25) is 0 Å². The van der Waals surface area contributed by atoms with Crippen LogP contribution in [0.15, 0.2) is 18.2 Å². The van der Waals surface area contributed by atoms with E-state index in [0.29, 0.717) is 0 Å². The van der Waals surface area contributed by atoms with E-state index in [-0.39, 0.29) is 23.5 Å². The monoisotopic (exact) mass is 291 g/mol. The third-order valence-corrected chi connectivity index (χ3v) is 2.61. The molecule has 0 saturated carbocycles. The lowest BCUT2D eigenvalue weighted by Gasteiger charge is -2.20. The minimum absolute atomic E-state index is 0.0491. The topological polar surface area (TPSA) is 113 Å². The number of carbonyl (C=O) groups is 2. The zero-order valence-corrected chi connectivity index (χ0v) is 11.2. The Labute approximate surface area is 120 Å². The predicted molar refractivity (Wildman–Crippen MR) is 75.2 cm³/mol. The molecule has 0 aliphatic rings. The number of nitro benzene ring substituents is 1. The zero-order valence-electron chi connectivity index (χ0n) is 11.2. The summed E-state index contributed by atoms with van der Waals surface area (Å²) in [6.45, 7) is -0.586. The highest BCUT2D eigenvalue weighted by molar-refractivity contribution is 5.95. The molecule has 1 amide bonds. The van der Waals surface area contributed by atoms with Crippen LogP contribution in [0.4, 0.5) is 11.4 Å². The van der Waals surface area contributed by atoms with Crippen LogP contribution in [0.2, 0.25) is 0 Å². The molecule has 0 bridgehead atoms. The third-order valence-electron chi connectivity index (χ3n) is 2.61. The molecule has 0 atom stereocenters. The van der Waals surface area contributed by atoms with E-state index in [1.165, 1.54) is 24.1 Å². The number of hydrogen-bond donors (Lipinski definition) is 2. The molecule has 0 aliphatic carbocycles. The Kier molecular flexibility index (Phi) is 5.25. The van der Waals surface area contributed by atoms with Crippen LogP contribution in [-0.4, -0.2) is 42.0 Å². The number of carboxylic acid groups (broad SMARTS) is 1. The molecule has 0 heterocycles. The van der Waals surface area contributed by atoms with Gasteiger partial charge in [0.1, 0.15) is 12.2 Å². The smallest absolute Gasteiger partial charge is 0.323 e. The summed E-state index contributed by atoms with van der Waals surface area (Å²) in [5.74, 6) is 0.595. The van der Waals surface area contributed by atoms with Gasteiger partial charge in [-0.3, -0.25) is 19.7 Å². The fraction of sp³-hybridized carbons (Fsp3) is 0.231. The van der Waals surface area contributed by atoms with Crippen LogP contribution in [0.3, 0.4) is 0 Å². The number of terminal acetylenes is 1. The maximum atomic E-state index is 11.5. The molecule has 2 N–H and O–H groups in total. The molecule has 1 aromatic carbocycles. The molecule has 1 rings (SSSR count). The number of carbonyl (C=O) groups excluding carboxylic acids is 1. The minimum Gasteiger partial charge on any atom is -0.480 e. The maximum absolute atomic E-state index is 11.5. The van der Waals surface area contributed by atoms with Gasteiger partial charge in [-0.1, -0.05) is 5.92 Å². The Morgan fingerprint density at radius 1 is 1.52 bits per heavy atom. The first-order valence-electron chi connectivity index (χ1n) is 5.81. The van der Waals surface area contributed by atoms with Crippen LogP contribution in [0.1, 0.15) is 10.4 Å². The van der Waals surface area contributed by atoms with Gasteiger partial charge < -0.3 is 15.3 Å². The fourth-order valence-corrected chi connectivity index (χ4v) is 1.72. The van der Waals surface area contributed by atoms with E-state index in [0.717, 1.165) is 6.07 Å². The molecule has 8 nitrogen and oxygen atoms in total. The lowest BCUT2D eigenvalue weighted by atomic mass is 10.1. The molecule has 8 heteroatoms. The summed E-state index contributed by atoms with van der Waals surface area (Å²) in [7, 11) is 1.40. The van der Waals surface area contributed by atoms with Gasteiger partial charge in [-0.15, -0.1) is 6.42 Å². The average molecular weight is 291 g/mol. The van der Waals surface area contributed by atoms with Crippen LogP contribution in [-0.2, 0) is 4.79 Å². The van der Waals surface area contributed by atoms with Crippen molar-refractivity contribution in [2.24, 2.45) is 0 Å². The Balaban J connectivity index is 3.33. The summed E-state index contributed by atoms with van der Waals surface area (Å²) in [6, 6.07) is 3.76. The molecule has 0 fully saturated rings. The summed E-state index contributed by atoms with van der Waals surface area (Å²) in [5, 5.41) is 22.3. The number of nitrogens with one attached hydrogen (secondary N) is 1. The number of amides is 1. The van der Waals surface area contributed by atoms with Crippen molar-refractivity contribution in [3.8, 4) is 12.3 Å². The zero-order chi connectivity index (χ0) is 16.0. The minimum atomic E-state index is -1.17. The standard InChI is InChI=1S/C13H13N3O5/c1-3-6-15(8-12(17)18)10-5-4-9(13(19)14-2)7-11(10)16(20)21/h1,4-5,7H,6,8H2,2H3,(H,14,19)(H,17,18). The number of anilines is 1. The first kappa shape index (κ1) is 16.0. The molecular formula is C13H13N3O5. The van der Waals surface area contributed by atoms with E-state index in [1.54, 1.807) is 0 Å². The molecule has 0 radical (unpaired) electrons. The Bertz CT molecular complexity index is 621. The molecule has 0 saturated heterocycles. The summed E-state index contributed by atoms with van der Waals surface area (Å²) < 4.78 is 0. The molecule has 21 heavy (non-hydrogen) atoms. The molecular weight excluding hydrogens is 278 g/mol. The van der Waals surface area contributed by atoms with Crippen LogP contribution in [0.5, 0.6) is 0 Å². The van der Waals surface area contributed by atoms with Gasteiger partial charge in [0, 0.05) is 18.7 Å². The van der Waals surface area contributed by atoms with Crippen molar-refractivity contribution in [1.29, 1.82) is 0 Å². The second-order valence-electron chi connectivity index (χ2n) is 3.99. The second-order valence-corrected chi connectivity index (χ2v) is 3.99. The quantitative estimate of drug-likeness (QED) is 0.448. The SMILES string of the molecule is C#CCN(CC(=O)O)c1ccc(C(=O)NC)cc1[N+](=O)[O-]. The molecule has 0 aliphatic heterocycles. The highest BCUT2D eigenvalue weighted by atomic mass is 16.6. The van der Waals surface area contributed by atoms with Crippen molar-refractivity contribution < 1.29 is 19.6 Å². The molecule has 0 spiro atoms. The van der Waals surface area contributed by atoms with Crippen molar-refractivity contribution in [3.63, 3.8) is 0 Å². The van der Waals surface area contributed by atoms with Crippen LogP contribution in [0, 0.1) is 22.5 Å². The van der Waals surface area contributed by atoms with E-state index in [9.17, 15) is 19.7 Å². The van der Waals surface area contributed by atoms with Crippen molar-refractivity contribution in [2.45, 2.75) is 0 Å². The summed E-state index contributed by atoms with van der Waals surface area (Å²) in [4.78, 5) is 33.9. The number of nitro groups is 1. The summed E-state index contributed by atoms with van der Waals surface area (Å²) in [6.07, 6.45) is 5.15. The number of rotatable bonds is 6. The van der Waals surface area contributed by atoms with Crippen molar-refractivity contribution >= 4 is 23.3 Å². The lowest BCUT2D eigenvalue weighted by molar-refractivity contribution is -0.384. The Hall–Kier alpha value is -3.08. The van der Waals surface area contributed by atoms with E-state index in [4.69, 9.17) is 11.5 Å². The van der Waals surface area contributed by atoms with E-state index < -0.39 is 23.3 Å². The van der Waals surface area contributed by atoms with E-state index >= 15 is 0 Å². The first-order valence-corrected chi connectivity index (χ1v) is 5.81. The van der Waals surface area contributed by atoms with Gasteiger partial charge in [-0.2, -0.15) is 0 Å². The second kappa shape index (κ2) is 6.91. The fourth-order valence-electron chi connectivity index (χ4n) is 1.72. The van der Waals surface area contributed by atoms with Crippen LogP contribution in [0.25, 0.3) is 0 Å².